The zero-order valence-electron chi connectivity index (χ0n) is 9.59. The average Bonchev–Trinajstić information content (AvgIpc) is 2.97. The Balaban J connectivity index is 1.64. The smallest absolute Gasteiger partial charge is 0.129 e. The predicted octanol–water partition coefficient (Wildman–Crippen LogP) is 1.53. The van der Waals surface area contributed by atoms with Crippen molar-refractivity contribution in [1.29, 1.82) is 0 Å². The molecule has 2 heterocycles. The average molecular weight is 236 g/mol. The normalized spacial score (nSPS) is 26.6. The summed E-state index contributed by atoms with van der Waals surface area (Å²) in [4.78, 5) is 0. The minimum absolute atomic E-state index is 0.343. The number of benzene rings is 1. The van der Waals surface area contributed by atoms with Crippen LogP contribution in [-0.2, 0) is 4.74 Å². The molecule has 3 rings (SSSR count). The summed E-state index contributed by atoms with van der Waals surface area (Å²) in [5.41, 5.74) is 0.849. The molecular formula is C13H16O4. The second kappa shape index (κ2) is 4.55. The molecule has 4 nitrogen and oxygen atoms in total. The maximum Gasteiger partial charge on any atom is 0.129 e. The number of aliphatic hydroxyl groups excluding tert-OH is 1. The van der Waals surface area contributed by atoms with Gasteiger partial charge in [0.1, 0.15) is 24.2 Å². The van der Waals surface area contributed by atoms with E-state index in [0.717, 1.165) is 36.7 Å². The van der Waals surface area contributed by atoms with Gasteiger partial charge in [0, 0.05) is 24.2 Å². The molecule has 0 aromatic heterocycles. The summed E-state index contributed by atoms with van der Waals surface area (Å²) >= 11 is 0. The fraction of sp³-hybridized carbons (Fsp3) is 0.538. The summed E-state index contributed by atoms with van der Waals surface area (Å²) < 4.78 is 16.4. The fourth-order valence-electron chi connectivity index (χ4n) is 2.19. The summed E-state index contributed by atoms with van der Waals surface area (Å²) in [5, 5.41) is 9.59. The van der Waals surface area contributed by atoms with Crippen LogP contribution >= 0.6 is 0 Å². The van der Waals surface area contributed by atoms with E-state index in [-0.39, 0.29) is 0 Å². The molecule has 1 aromatic rings. The van der Waals surface area contributed by atoms with Crippen LogP contribution in [0.15, 0.2) is 18.2 Å². The first-order valence-corrected chi connectivity index (χ1v) is 5.98. The van der Waals surface area contributed by atoms with Crippen molar-refractivity contribution in [2.24, 2.45) is 5.92 Å². The van der Waals surface area contributed by atoms with Gasteiger partial charge in [-0.05, 0) is 18.6 Å². The number of rotatable bonds is 3. The molecule has 0 spiro atoms. The largest absolute Gasteiger partial charge is 0.493 e. The zero-order valence-corrected chi connectivity index (χ0v) is 9.59. The van der Waals surface area contributed by atoms with Gasteiger partial charge in [-0.15, -0.1) is 0 Å². The molecule has 1 N–H and O–H groups in total. The highest BCUT2D eigenvalue weighted by Crippen LogP contribution is 2.35. The van der Waals surface area contributed by atoms with Gasteiger partial charge in [0.2, 0.25) is 0 Å². The molecular weight excluding hydrogens is 220 g/mol. The summed E-state index contributed by atoms with van der Waals surface area (Å²) in [7, 11) is 0. The number of ether oxygens (including phenoxy) is 3. The Bertz CT molecular complexity index is 398. The van der Waals surface area contributed by atoms with Gasteiger partial charge >= 0.3 is 0 Å². The van der Waals surface area contributed by atoms with Gasteiger partial charge in [0.25, 0.3) is 0 Å². The Labute approximate surface area is 100 Å². The van der Waals surface area contributed by atoms with Crippen molar-refractivity contribution >= 4 is 0 Å². The van der Waals surface area contributed by atoms with Crippen LogP contribution in [0.1, 0.15) is 18.1 Å². The molecule has 4 heteroatoms. The first-order chi connectivity index (χ1) is 8.33. The Morgan fingerprint density at radius 1 is 1.35 bits per heavy atom. The van der Waals surface area contributed by atoms with Crippen molar-refractivity contribution in [1.82, 2.24) is 0 Å². The maximum atomic E-state index is 9.59. The van der Waals surface area contributed by atoms with Gasteiger partial charge in [-0.25, -0.2) is 0 Å². The minimum atomic E-state index is -0.498. The van der Waals surface area contributed by atoms with Gasteiger partial charge in [-0.3, -0.25) is 0 Å². The number of aliphatic hydroxyl groups is 1. The maximum absolute atomic E-state index is 9.59. The second-order valence-corrected chi connectivity index (χ2v) is 4.57. The number of hydrogen-bond donors (Lipinski definition) is 1. The van der Waals surface area contributed by atoms with Crippen molar-refractivity contribution < 1.29 is 19.3 Å². The second-order valence-electron chi connectivity index (χ2n) is 4.57. The third-order valence-electron chi connectivity index (χ3n) is 3.25. The molecule has 0 amide bonds. The Kier molecular flexibility index (Phi) is 2.91. The number of hydrogen-bond acceptors (Lipinski definition) is 4. The topological polar surface area (TPSA) is 47.9 Å². The van der Waals surface area contributed by atoms with Crippen LogP contribution in [0.3, 0.4) is 0 Å². The number of fused-ring (bicyclic) bond motifs is 1. The van der Waals surface area contributed by atoms with E-state index in [0.29, 0.717) is 19.1 Å². The lowest BCUT2D eigenvalue weighted by Crippen LogP contribution is -2.11. The van der Waals surface area contributed by atoms with Crippen LogP contribution in [-0.4, -0.2) is 31.5 Å². The van der Waals surface area contributed by atoms with E-state index in [1.807, 2.05) is 18.2 Å². The molecule has 0 aliphatic carbocycles. The molecule has 2 aliphatic heterocycles. The van der Waals surface area contributed by atoms with E-state index in [1.165, 1.54) is 0 Å². The summed E-state index contributed by atoms with van der Waals surface area (Å²) in [5.74, 6) is 2.03. The Hall–Kier alpha value is -1.26. The van der Waals surface area contributed by atoms with Crippen molar-refractivity contribution in [2.75, 3.05) is 26.4 Å². The predicted molar refractivity (Wildman–Crippen MR) is 61.3 cm³/mol. The highest BCUT2D eigenvalue weighted by Gasteiger charge is 2.22. The third-order valence-corrected chi connectivity index (χ3v) is 3.25. The zero-order chi connectivity index (χ0) is 11.7. The third kappa shape index (κ3) is 2.23. The van der Waals surface area contributed by atoms with Gasteiger partial charge < -0.3 is 19.3 Å². The first-order valence-electron chi connectivity index (χ1n) is 5.98. The molecule has 1 fully saturated rings. The van der Waals surface area contributed by atoms with Crippen LogP contribution in [0, 0.1) is 5.92 Å². The quantitative estimate of drug-likeness (QED) is 0.864. The lowest BCUT2D eigenvalue weighted by Gasteiger charge is -2.11. The fourth-order valence-corrected chi connectivity index (χ4v) is 2.19. The van der Waals surface area contributed by atoms with Crippen molar-refractivity contribution in [3.8, 4) is 11.5 Å². The molecule has 0 radical (unpaired) electrons. The van der Waals surface area contributed by atoms with Crippen LogP contribution in [0.5, 0.6) is 11.5 Å². The van der Waals surface area contributed by atoms with Crippen LogP contribution in [0.25, 0.3) is 0 Å². The minimum Gasteiger partial charge on any atom is -0.493 e. The summed E-state index contributed by atoms with van der Waals surface area (Å²) in [6.45, 7) is 2.66. The Morgan fingerprint density at radius 3 is 3.12 bits per heavy atom. The van der Waals surface area contributed by atoms with E-state index in [1.54, 1.807) is 0 Å². The van der Waals surface area contributed by atoms with Crippen molar-refractivity contribution in [2.45, 2.75) is 12.5 Å². The lowest BCUT2D eigenvalue weighted by atomic mass is 10.1. The first kappa shape index (κ1) is 10.9. The molecule has 0 bridgehead atoms. The van der Waals surface area contributed by atoms with Crippen LogP contribution in [0.4, 0.5) is 0 Å². The summed E-state index contributed by atoms with van der Waals surface area (Å²) in [6, 6.07) is 5.60. The highest BCUT2D eigenvalue weighted by molar-refractivity contribution is 5.44. The molecule has 2 atom stereocenters. The molecule has 2 aliphatic rings. The molecule has 1 saturated heterocycles. The van der Waals surface area contributed by atoms with Crippen molar-refractivity contribution in [3.05, 3.63) is 23.8 Å². The highest BCUT2D eigenvalue weighted by atomic mass is 16.5. The Morgan fingerprint density at radius 2 is 2.29 bits per heavy atom. The SMILES string of the molecule is OC1COc2cc(OCC3CCOC3)ccc21. The van der Waals surface area contributed by atoms with E-state index < -0.39 is 6.10 Å². The lowest BCUT2D eigenvalue weighted by molar-refractivity contribution is 0.140. The molecule has 17 heavy (non-hydrogen) atoms. The monoisotopic (exact) mass is 236 g/mol. The van der Waals surface area contributed by atoms with E-state index in [9.17, 15) is 5.11 Å². The van der Waals surface area contributed by atoms with E-state index in [2.05, 4.69) is 0 Å². The van der Waals surface area contributed by atoms with Gasteiger partial charge in [0.05, 0.1) is 13.2 Å². The van der Waals surface area contributed by atoms with E-state index >= 15 is 0 Å². The van der Waals surface area contributed by atoms with Crippen LogP contribution < -0.4 is 9.47 Å². The van der Waals surface area contributed by atoms with Crippen molar-refractivity contribution in [3.63, 3.8) is 0 Å². The molecule has 0 saturated carbocycles. The van der Waals surface area contributed by atoms with Gasteiger partial charge in [-0.1, -0.05) is 0 Å². The standard InChI is InChI=1S/C13H16O4/c14-12-8-17-13-5-10(1-2-11(12)13)16-7-9-3-4-15-6-9/h1-2,5,9,12,14H,3-4,6-8H2. The van der Waals surface area contributed by atoms with E-state index in [4.69, 9.17) is 14.2 Å². The van der Waals surface area contributed by atoms with Crippen LogP contribution in [0.2, 0.25) is 0 Å². The molecule has 2 unspecified atom stereocenters. The summed E-state index contributed by atoms with van der Waals surface area (Å²) in [6.07, 6.45) is 0.572. The molecule has 1 aromatic carbocycles. The van der Waals surface area contributed by atoms with Gasteiger partial charge in [0.15, 0.2) is 0 Å². The molecule has 92 valence electrons. The van der Waals surface area contributed by atoms with Gasteiger partial charge in [-0.2, -0.15) is 0 Å².